The molecule has 0 radical (unpaired) electrons. The first kappa shape index (κ1) is 14.4. The second-order valence-corrected chi connectivity index (χ2v) is 5.07. The minimum absolute atomic E-state index is 0.0982. The molecule has 1 amide bonds. The number of ether oxygens (including phenoxy) is 2. The first-order valence-electron chi connectivity index (χ1n) is 6.82. The third-order valence-electron chi connectivity index (χ3n) is 3.62. The van der Waals surface area contributed by atoms with Crippen LogP contribution in [0.15, 0.2) is 18.2 Å². The van der Waals surface area contributed by atoms with Gasteiger partial charge in [0.2, 0.25) is 5.91 Å². The summed E-state index contributed by atoms with van der Waals surface area (Å²) in [6, 6.07) is 3.64. The minimum Gasteiger partial charge on any atom is -0.376 e. The summed E-state index contributed by atoms with van der Waals surface area (Å²) in [5, 5.41) is 3.00. The fourth-order valence-corrected chi connectivity index (χ4v) is 2.59. The molecule has 1 N–H and O–H groups in total. The van der Waals surface area contributed by atoms with E-state index in [1.807, 2.05) is 0 Å². The summed E-state index contributed by atoms with van der Waals surface area (Å²) in [6.07, 6.45) is -0.673. The van der Waals surface area contributed by atoms with Crippen LogP contribution < -0.4 is 5.32 Å². The zero-order valence-corrected chi connectivity index (χ0v) is 11.4. The van der Waals surface area contributed by atoms with Crippen LogP contribution in [-0.2, 0) is 14.3 Å². The Hall–Kier alpha value is -1.57. The van der Waals surface area contributed by atoms with Crippen molar-refractivity contribution in [3.05, 3.63) is 35.4 Å². The van der Waals surface area contributed by atoms with E-state index in [-0.39, 0.29) is 18.6 Å². The van der Waals surface area contributed by atoms with Crippen LogP contribution in [0.3, 0.4) is 0 Å². The van der Waals surface area contributed by atoms with E-state index in [9.17, 15) is 13.6 Å². The van der Waals surface area contributed by atoms with Gasteiger partial charge in [-0.2, -0.15) is 0 Å². The Morgan fingerprint density at radius 3 is 2.86 bits per heavy atom. The Morgan fingerprint density at radius 2 is 2.14 bits per heavy atom. The number of benzene rings is 1. The Morgan fingerprint density at radius 1 is 1.29 bits per heavy atom. The summed E-state index contributed by atoms with van der Waals surface area (Å²) >= 11 is 0. The molecule has 2 heterocycles. The molecule has 0 saturated carbocycles. The molecule has 2 atom stereocenters. The lowest BCUT2D eigenvalue weighted by molar-refractivity contribution is -0.135. The Bertz CT molecular complexity index is 535. The number of amides is 1. The lowest BCUT2D eigenvalue weighted by Crippen LogP contribution is -2.42. The number of nitrogens with zero attached hydrogens (tertiary/aromatic N) is 1. The molecule has 2 unspecified atom stereocenters. The maximum absolute atomic E-state index is 13.4. The van der Waals surface area contributed by atoms with Gasteiger partial charge in [0.25, 0.3) is 0 Å². The second kappa shape index (κ2) is 6.05. The summed E-state index contributed by atoms with van der Waals surface area (Å²) < 4.78 is 37.2. The number of carbonyl (C=O) groups is 1. The van der Waals surface area contributed by atoms with Crippen LogP contribution in [0.4, 0.5) is 8.78 Å². The third-order valence-corrected chi connectivity index (χ3v) is 3.62. The van der Waals surface area contributed by atoms with Gasteiger partial charge >= 0.3 is 0 Å². The number of hydrogen-bond acceptors (Lipinski definition) is 4. The highest BCUT2D eigenvalue weighted by molar-refractivity contribution is 5.81. The molecule has 1 aromatic carbocycles. The minimum atomic E-state index is -0.925. The average Bonchev–Trinajstić information content (AvgIpc) is 2.85. The average molecular weight is 298 g/mol. The van der Waals surface area contributed by atoms with Crippen molar-refractivity contribution in [3.63, 3.8) is 0 Å². The fraction of sp³-hybridized carbons (Fsp3) is 0.500. The number of rotatable bonds is 3. The van der Waals surface area contributed by atoms with E-state index >= 15 is 0 Å². The van der Waals surface area contributed by atoms with Crippen molar-refractivity contribution in [2.24, 2.45) is 0 Å². The van der Waals surface area contributed by atoms with Crippen LogP contribution in [0.5, 0.6) is 0 Å². The summed E-state index contributed by atoms with van der Waals surface area (Å²) in [6.45, 7) is 1.99. The maximum atomic E-state index is 13.4. The first-order valence-corrected chi connectivity index (χ1v) is 6.82. The van der Waals surface area contributed by atoms with E-state index in [1.54, 1.807) is 4.90 Å². The van der Waals surface area contributed by atoms with Crippen molar-refractivity contribution in [2.75, 3.05) is 32.9 Å². The van der Waals surface area contributed by atoms with Crippen molar-refractivity contribution in [3.8, 4) is 0 Å². The summed E-state index contributed by atoms with van der Waals surface area (Å²) in [7, 11) is 0. The second-order valence-electron chi connectivity index (χ2n) is 5.07. The largest absolute Gasteiger partial charge is 0.376 e. The van der Waals surface area contributed by atoms with E-state index in [1.165, 1.54) is 6.07 Å². The summed E-state index contributed by atoms with van der Waals surface area (Å²) in [5.41, 5.74) is 0.511. The SMILES string of the molecule is O=C1CNC(c2ccc(F)c(F)c2)N1CC1COCCO1. The van der Waals surface area contributed by atoms with Crippen LogP contribution in [0.25, 0.3) is 0 Å². The van der Waals surface area contributed by atoms with E-state index in [4.69, 9.17) is 9.47 Å². The highest BCUT2D eigenvalue weighted by Crippen LogP contribution is 2.24. The molecule has 0 aliphatic carbocycles. The standard InChI is InChI=1S/C14H16F2N2O3/c15-11-2-1-9(5-12(11)16)14-17-6-13(19)18(14)7-10-8-20-3-4-21-10/h1-2,5,10,14,17H,3-4,6-8H2. The molecular formula is C14H16F2N2O3. The molecule has 2 saturated heterocycles. The Labute approximate surface area is 120 Å². The number of nitrogens with one attached hydrogen (secondary N) is 1. The lowest BCUT2D eigenvalue weighted by atomic mass is 10.1. The van der Waals surface area contributed by atoms with Crippen LogP contribution in [0.2, 0.25) is 0 Å². The monoisotopic (exact) mass is 298 g/mol. The third kappa shape index (κ3) is 3.04. The van der Waals surface area contributed by atoms with E-state index in [0.29, 0.717) is 31.9 Å². The van der Waals surface area contributed by atoms with Crippen molar-refractivity contribution >= 4 is 5.91 Å². The van der Waals surface area contributed by atoms with Gasteiger partial charge in [-0.15, -0.1) is 0 Å². The molecule has 21 heavy (non-hydrogen) atoms. The maximum Gasteiger partial charge on any atom is 0.238 e. The van der Waals surface area contributed by atoms with Crippen molar-refractivity contribution in [1.82, 2.24) is 10.2 Å². The number of carbonyl (C=O) groups excluding carboxylic acids is 1. The molecule has 5 nitrogen and oxygen atoms in total. The van der Waals surface area contributed by atoms with Gasteiger partial charge in [0, 0.05) is 0 Å². The van der Waals surface area contributed by atoms with E-state index in [2.05, 4.69) is 5.32 Å². The smallest absolute Gasteiger partial charge is 0.238 e. The van der Waals surface area contributed by atoms with Crippen LogP contribution >= 0.6 is 0 Å². The predicted octanol–water partition coefficient (Wildman–Crippen LogP) is 0.811. The zero-order valence-electron chi connectivity index (χ0n) is 11.4. The van der Waals surface area contributed by atoms with Gasteiger partial charge in [0.1, 0.15) is 6.17 Å². The molecule has 0 aromatic heterocycles. The molecule has 7 heteroatoms. The van der Waals surface area contributed by atoms with Gasteiger partial charge in [-0.05, 0) is 17.7 Å². The quantitative estimate of drug-likeness (QED) is 0.897. The van der Waals surface area contributed by atoms with Gasteiger partial charge in [-0.25, -0.2) is 8.78 Å². The van der Waals surface area contributed by atoms with Gasteiger partial charge in [0.15, 0.2) is 11.6 Å². The summed E-state index contributed by atoms with van der Waals surface area (Å²) in [5.74, 6) is -1.93. The first-order chi connectivity index (χ1) is 10.1. The van der Waals surface area contributed by atoms with E-state index in [0.717, 1.165) is 12.1 Å². The molecule has 0 bridgehead atoms. The van der Waals surface area contributed by atoms with Crippen molar-refractivity contribution in [1.29, 1.82) is 0 Å². The van der Waals surface area contributed by atoms with Gasteiger partial charge in [0.05, 0.1) is 39.0 Å². The predicted molar refractivity (Wildman–Crippen MR) is 69.4 cm³/mol. The number of halogens is 2. The highest BCUT2D eigenvalue weighted by atomic mass is 19.2. The molecule has 1 aromatic rings. The van der Waals surface area contributed by atoms with Gasteiger partial charge in [-0.1, -0.05) is 6.07 Å². The molecule has 2 aliphatic heterocycles. The summed E-state index contributed by atoms with van der Waals surface area (Å²) in [4.78, 5) is 13.6. The van der Waals surface area contributed by atoms with Crippen LogP contribution in [-0.4, -0.2) is 49.8 Å². The topological polar surface area (TPSA) is 50.8 Å². The lowest BCUT2D eigenvalue weighted by Gasteiger charge is -2.31. The van der Waals surface area contributed by atoms with Crippen molar-refractivity contribution < 1.29 is 23.0 Å². The normalized spacial score (nSPS) is 26.4. The molecule has 2 fully saturated rings. The highest BCUT2D eigenvalue weighted by Gasteiger charge is 2.34. The molecule has 3 rings (SSSR count). The molecule has 2 aliphatic rings. The van der Waals surface area contributed by atoms with Crippen molar-refractivity contribution in [2.45, 2.75) is 12.3 Å². The molecule has 0 spiro atoms. The Balaban J connectivity index is 1.76. The van der Waals surface area contributed by atoms with Crippen LogP contribution in [0, 0.1) is 11.6 Å². The number of hydrogen-bond donors (Lipinski definition) is 1. The molecular weight excluding hydrogens is 282 g/mol. The van der Waals surface area contributed by atoms with Crippen LogP contribution in [0.1, 0.15) is 11.7 Å². The van der Waals surface area contributed by atoms with Gasteiger partial charge < -0.3 is 14.4 Å². The fourth-order valence-electron chi connectivity index (χ4n) is 2.59. The van der Waals surface area contributed by atoms with E-state index < -0.39 is 17.8 Å². The Kier molecular flexibility index (Phi) is 4.14. The zero-order chi connectivity index (χ0) is 14.8. The molecule has 114 valence electrons. The van der Waals surface area contributed by atoms with Gasteiger partial charge in [-0.3, -0.25) is 10.1 Å².